The van der Waals surface area contributed by atoms with Crippen LogP contribution < -0.4 is 0 Å². The molecule has 0 aliphatic rings. The van der Waals surface area contributed by atoms with E-state index in [0.717, 1.165) is 6.26 Å². The number of benzene rings is 1. The van der Waals surface area contributed by atoms with E-state index in [1.807, 2.05) is 6.92 Å². The Balaban J connectivity index is 2.20. The zero-order valence-corrected chi connectivity index (χ0v) is 12.9. The van der Waals surface area contributed by atoms with Crippen LogP contribution >= 0.6 is 0 Å². The molecule has 112 valence electrons. The van der Waals surface area contributed by atoms with Gasteiger partial charge in [-0.1, -0.05) is 0 Å². The minimum absolute atomic E-state index is 0.195. The first-order valence-corrected chi connectivity index (χ1v) is 8.30. The molecule has 1 aromatic carbocycles. The zero-order chi connectivity index (χ0) is 15.6. The second-order valence-electron chi connectivity index (χ2n) is 4.90. The molecule has 0 saturated carbocycles. The summed E-state index contributed by atoms with van der Waals surface area (Å²) < 4.78 is 28.1. The lowest BCUT2D eigenvalue weighted by Crippen LogP contribution is -2.29. The summed E-state index contributed by atoms with van der Waals surface area (Å²) in [6.07, 6.45) is 2.69. The number of furan rings is 1. The monoisotopic (exact) mass is 307 g/mol. The number of hydrogen-bond donors (Lipinski definition) is 0. The largest absolute Gasteiger partial charge is 0.467 e. The van der Waals surface area contributed by atoms with Crippen molar-refractivity contribution < 1.29 is 17.6 Å². The van der Waals surface area contributed by atoms with E-state index in [1.54, 1.807) is 30.3 Å². The van der Waals surface area contributed by atoms with Crippen molar-refractivity contribution in [1.29, 1.82) is 0 Å². The van der Waals surface area contributed by atoms with Crippen molar-refractivity contribution in [2.75, 3.05) is 13.3 Å². The van der Waals surface area contributed by atoms with E-state index in [9.17, 15) is 13.2 Å². The molecule has 0 radical (unpaired) electrons. The van der Waals surface area contributed by atoms with Crippen molar-refractivity contribution in [3.63, 3.8) is 0 Å². The molecule has 0 aliphatic carbocycles. The predicted octanol–water partition coefficient (Wildman–Crippen LogP) is 2.52. The Morgan fingerprint density at radius 3 is 2.29 bits per heavy atom. The van der Waals surface area contributed by atoms with Crippen molar-refractivity contribution in [1.82, 2.24) is 4.90 Å². The number of carbonyl (C=O) groups is 1. The van der Waals surface area contributed by atoms with Gasteiger partial charge in [-0.3, -0.25) is 4.79 Å². The summed E-state index contributed by atoms with van der Waals surface area (Å²) >= 11 is 0. The van der Waals surface area contributed by atoms with Crippen molar-refractivity contribution in [3.05, 3.63) is 54.0 Å². The third-order valence-electron chi connectivity index (χ3n) is 3.39. The Morgan fingerprint density at radius 1 is 1.19 bits per heavy atom. The van der Waals surface area contributed by atoms with Gasteiger partial charge in [-0.05, 0) is 43.3 Å². The van der Waals surface area contributed by atoms with Crippen molar-refractivity contribution in [2.24, 2.45) is 0 Å². The van der Waals surface area contributed by atoms with E-state index < -0.39 is 9.84 Å². The molecule has 0 bridgehead atoms. The van der Waals surface area contributed by atoms with E-state index in [1.165, 1.54) is 24.3 Å². The van der Waals surface area contributed by atoms with Gasteiger partial charge >= 0.3 is 0 Å². The highest BCUT2D eigenvalue weighted by atomic mass is 32.2. The molecule has 6 heteroatoms. The molecule has 0 N–H and O–H groups in total. The lowest BCUT2D eigenvalue weighted by Gasteiger charge is -2.23. The molecule has 1 unspecified atom stereocenters. The minimum atomic E-state index is -3.26. The summed E-state index contributed by atoms with van der Waals surface area (Å²) in [5, 5.41) is 0. The average molecular weight is 307 g/mol. The summed E-state index contributed by atoms with van der Waals surface area (Å²) in [7, 11) is -1.58. The third-order valence-corrected chi connectivity index (χ3v) is 4.51. The number of rotatable bonds is 4. The molecule has 2 aromatic rings. The molecular formula is C15H17NO4S. The highest BCUT2D eigenvalue weighted by molar-refractivity contribution is 7.90. The van der Waals surface area contributed by atoms with Crippen LogP contribution in [0.1, 0.15) is 29.1 Å². The van der Waals surface area contributed by atoms with Gasteiger partial charge in [0.1, 0.15) is 5.76 Å². The number of nitrogens with zero attached hydrogens (tertiary/aromatic N) is 1. The Kier molecular flexibility index (Phi) is 4.18. The van der Waals surface area contributed by atoms with E-state index in [2.05, 4.69) is 0 Å². The summed E-state index contributed by atoms with van der Waals surface area (Å²) in [6, 6.07) is 9.28. The fourth-order valence-electron chi connectivity index (χ4n) is 1.94. The van der Waals surface area contributed by atoms with Crippen LogP contribution in [0.5, 0.6) is 0 Å². The maximum absolute atomic E-state index is 12.4. The summed E-state index contributed by atoms with van der Waals surface area (Å²) in [5.41, 5.74) is 0.434. The second kappa shape index (κ2) is 5.73. The Bertz CT molecular complexity index is 718. The van der Waals surface area contributed by atoms with Crippen LogP contribution in [0.2, 0.25) is 0 Å². The quantitative estimate of drug-likeness (QED) is 0.870. The predicted molar refractivity (Wildman–Crippen MR) is 78.8 cm³/mol. The highest BCUT2D eigenvalue weighted by Gasteiger charge is 2.21. The van der Waals surface area contributed by atoms with Gasteiger partial charge in [-0.2, -0.15) is 0 Å². The summed E-state index contributed by atoms with van der Waals surface area (Å²) in [4.78, 5) is 14.1. The van der Waals surface area contributed by atoms with Gasteiger partial charge in [-0.25, -0.2) is 8.42 Å². The summed E-state index contributed by atoms with van der Waals surface area (Å²) in [6.45, 7) is 1.86. The first-order valence-electron chi connectivity index (χ1n) is 6.41. The van der Waals surface area contributed by atoms with Crippen molar-refractivity contribution in [3.8, 4) is 0 Å². The lowest BCUT2D eigenvalue weighted by atomic mass is 10.1. The maximum Gasteiger partial charge on any atom is 0.254 e. The Hall–Kier alpha value is -2.08. The first kappa shape index (κ1) is 15.3. The van der Waals surface area contributed by atoms with E-state index in [0.29, 0.717) is 11.3 Å². The van der Waals surface area contributed by atoms with Gasteiger partial charge in [0.2, 0.25) is 0 Å². The van der Waals surface area contributed by atoms with Gasteiger partial charge in [0, 0.05) is 18.9 Å². The SMILES string of the molecule is CC(c1ccco1)N(C)C(=O)c1ccc(S(C)(=O)=O)cc1. The molecule has 21 heavy (non-hydrogen) atoms. The van der Waals surface area contributed by atoms with Crippen LogP contribution in [0, 0.1) is 0 Å². The first-order chi connectivity index (χ1) is 9.80. The Morgan fingerprint density at radius 2 is 1.81 bits per heavy atom. The molecule has 2 rings (SSSR count). The molecule has 1 amide bonds. The second-order valence-corrected chi connectivity index (χ2v) is 6.92. The topological polar surface area (TPSA) is 67.6 Å². The van der Waals surface area contributed by atoms with Crippen LogP contribution in [-0.4, -0.2) is 32.5 Å². The molecule has 1 heterocycles. The zero-order valence-electron chi connectivity index (χ0n) is 12.1. The Labute approximate surface area is 124 Å². The van der Waals surface area contributed by atoms with Gasteiger partial charge in [-0.15, -0.1) is 0 Å². The average Bonchev–Trinajstić information content (AvgIpc) is 2.98. The molecule has 5 nitrogen and oxygen atoms in total. The molecule has 0 saturated heterocycles. The normalized spacial score (nSPS) is 12.9. The molecule has 0 aliphatic heterocycles. The molecule has 1 aromatic heterocycles. The molecular weight excluding hydrogens is 290 g/mol. The fourth-order valence-corrected chi connectivity index (χ4v) is 2.57. The van der Waals surface area contributed by atoms with Gasteiger partial charge < -0.3 is 9.32 Å². The smallest absolute Gasteiger partial charge is 0.254 e. The fraction of sp³-hybridized carbons (Fsp3) is 0.267. The van der Waals surface area contributed by atoms with E-state index >= 15 is 0 Å². The number of amides is 1. The van der Waals surface area contributed by atoms with Crippen LogP contribution in [0.3, 0.4) is 0 Å². The molecule has 1 atom stereocenters. The lowest BCUT2D eigenvalue weighted by molar-refractivity contribution is 0.0726. The van der Waals surface area contributed by atoms with Gasteiger partial charge in [0.15, 0.2) is 9.84 Å². The minimum Gasteiger partial charge on any atom is -0.467 e. The van der Waals surface area contributed by atoms with E-state index in [4.69, 9.17) is 4.42 Å². The van der Waals surface area contributed by atoms with Crippen LogP contribution in [0.15, 0.2) is 52.0 Å². The number of carbonyl (C=O) groups excluding carboxylic acids is 1. The third kappa shape index (κ3) is 3.33. The van der Waals surface area contributed by atoms with Gasteiger partial charge in [0.25, 0.3) is 5.91 Å². The van der Waals surface area contributed by atoms with Gasteiger partial charge in [0.05, 0.1) is 17.2 Å². The van der Waals surface area contributed by atoms with Crippen LogP contribution in [-0.2, 0) is 9.84 Å². The van der Waals surface area contributed by atoms with E-state index in [-0.39, 0.29) is 16.8 Å². The number of hydrogen-bond acceptors (Lipinski definition) is 4. The molecule has 0 spiro atoms. The standard InChI is InChI=1S/C15H17NO4S/c1-11(14-5-4-10-20-14)16(2)15(17)12-6-8-13(9-7-12)21(3,18)19/h4-11H,1-3H3. The number of sulfone groups is 1. The van der Waals surface area contributed by atoms with Crippen molar-refractivity contribution >= 4 is 15.7 Å². The van der Waals surface area contributed by atoms with Crippen LogP contribution in [0.4, 0.5) is 0 Å². The maximum atomic E-state index is 12.4. The molecule has 0 fully saturated rings. The van der Waals surface area contributed by atoms with Crippen LogP contribution in [0.25, 0.3) is 0 Å². The summed E-state index contributed by atoms with van der Waals surface area (Å²) in [5.74, 6) is 0.498. The van der Waals surface area contributed by atoms with Crippen molar-refractivity contribution in [2.45, 2.75) is 17.9 Å². The highest BCUT2D eigenvalue weighted by Crippen LogP contribution is 2.21.